The lowest BCUT2D eigenvalue weighted by Crippen LogP contribution is -2.49. The topological polar surface area (TPSA) is 116 Å². The van der Waals surface area contributed by atoms with Crippen molar-refractivity contribution in [1.82, 2.24) is 20.3 Å². The quantitative estimate of drug-likeness (QED) is 0.464. The summed E-state index contributed by atoms with van der Waals surface area (Å²) in [5.41, 5.74) is 6.67. The Morgan fingerprint density at radius 2 is 1.91 bits per heavy atom. The van der Waals surface area contributed by atoms with E-state index in [1.807, 2.05) is 0 Å². The van der Waals surface area contributed by atoms with Gasteiger partial charge in [0, 0.05) is 44.0 Å². The summed E-state index contributed by atoms with van der Waals surface area (Å²) >= 11 is 0. The average molecular weight is 489 g/mol. The van der Waals surface area contributed by atoms with Gasteiger partial charge in [-0.15, -0.1) is 0 Å². The van der Waals surface area contributed by atoms with Crippen LogP contribution < -0.4 is 21.1 Å². The first kappa shape index (κ1) is 25.7. The number of ether oxygens (including phenoxy) is 3. The average Bonchev–Trinajstić information content (AvgIpc) is 2.86. The minimum atomic E-state index is -0.457. The van der Waals surface area contributed by atoms with E-state index in [2.05, 4.69) is 32.5 Å². The van der Waals surface area contributed by atoms with Crippen molar-refractivity contribution in [1.29, 1.82) is 0 Å². The van der Waals surface area contributed by atoms with Gasteiger partial charge >= 0.3 is 0 Å². The van der Waals surface area contributed by atoms with E-state index in [0.29, 0.717) is 61.5 Å². The maximum atomic E-state index is 14.7. The Morgan fingerprint density at radius 1 is 1.17 bits per heavy atom. The van der Waals surface area contributed by atoms with E-state index in [-0.39, 0.29) is 6.04 Å². The third kappa shape index (κ3) is 7.30. The van der Waals surface area contributed by atoms with Crippen molar-refractivity contribution in [3.63, 3.8) is 0 Å². The lowest BCUT2D eigenvalue weighted by molar-refractivity contribution is 0.0335. The smallest absolute Gasteiger partial charge is 0.232 e. The van der Waals surface area contributed by atoms with Gasteiger partial charge < -0.3 is 30.6 Å². The Labute approximate surface area is 206 Å². The van der Waals surface area contributed by atoms with Crippen LogP contribution in [-0.4, -0.2) is 72.2 Å². The molecule has 1 aliphatic heterocycles. The van der Waals surface area contributed by atoms with Crippen molar-refractivity contribution in [2.75, 3.05) is 38.9 Å². The van der Waals surface area contributed by atoms with Crippen LogP contribution in [0.5, 0.6) is 5.88 Å². The summed E-state index contributed by atoms with van der Waals surface area (Å²) in [6.45, 7) is 4.39. The van der Waals surface area contributed by atoms with E-state index in [9.17, 15) is 4.39 Å². The minimum Gasteiger partial charge on any atom is -0.475 e. The Hall–Kier alpha value is -2.40. The molecule has 0 spiro atoms. The van der Waals surface area contributed by atoms with E-state index >= 15 is 0 Å². The molecule has 0 bridgehead atoms. The van der Waals surface area contributed by atoms with Crippen molar-refractivity contribution in [3.8, 4) is 17.1 Å². The minimum absolute atomic E-state index is 0.289. The predicted molar refractivity (Wildman–Crippen MR) is 132 cm³/mol. The Morgan fingerprint density at radius 3 is 2.66 bits per heavy atom. The van der Waals surface area contributed by atoms with Crippen LogP contribution in [0.25, 0.3) is 11.3 Å². The van der Waals surface area contributed by atoms with Crippen molar-refractivity contribution < 1.29 is 18.6 Å². The van der Waals surface area contributed by atoms with Gasteiger partial charge in [0.05, 0.1) is 36.4 Å². The molecule has 1 saturated carbocycles. The molecule has 35 heavy (non-hydrogen) atoms. The van der Waals surface area contributed by atoms with Crippen molar-refractivity contribution in [2.45, 2.75) is 69.1 Å². The summed E-state index contributed by atoms with van der Waals surface area (Å²) in [7, 11) is 1.72. The summed E-state index contributed by atoms with van der Waals surface area (Å²) in [5.74, 6) is 0.488. The first-order valence-corrected chi connectivity index (χ1v) is 12.4. The summed E-state index contributed by atoms with van der Waals surface area (Å²) in [6, 6.07) is 2.81. The number of nitrogens with two attached hydrogens (primary N) is 1. The fourth-order valence-corrected chi connectivity index (χ4v) is 4.72. The van der Waals surface area contributed by atoms with E-state index in [1.54, 1.807) is 13.2 Å². The van der Waals surface area contributed by atoms with Gasteiger partial charge in [-0.2, -0.15) is 0 Å². The molecule has 2 fully saturated rings. The summed E-state index contributed by atoms with van der Waals surface area (Å²) < 4.78 is 31.1. The molecule has 2 aromatic heterocycles. The number of pyridine rings is 1. The molecular weight excluding hydrogens is 451 g/mol. The lowest BCUT2D eigenvalue weighted by atomic mass is 9.90. The number of nitrogens with one attached hydrogen (secondary N) is 2. The molecule has 1 aliphatic carbocycles. The molecular formula is C25H37FN6O3. The van der Waals surface area contributed by atoms with Crippen molar-refractivity contribution in [3.05, 3.63) is 30.5 Å². The highest BCUT2D eigenvalue weighted by Gasteiger charge is 2.29. The van der Waals surface area contributed by atoms with Gasteiger partial charge in [-0.3, -0.25) is 4.98 Å². The summed E-state index contributed by atoms with van der Waals surface area (Å²) in [5, 5.41) is 7.09. The number of hydrogen-bond donors (Lipinski definition) is 3. The third-order valence-corrected chi connectivity index (χ3v) is 6.76. The lowest BCUT2D eigenvalue weighted by Gasteiger charge is -2.32. The second kappa shape index (κ2) is 12.0. The van der Waals surface area contributed by atoms with Crippen LogP contribution in [0.3, 0.4) is 0 Å². The van der Waals surface area contributed by atoms with Gasteiger partial charge in [0.15, 0.2) is 5.82 Å². The van der Waals surface area contributed by atoms with Crippen LogP contribution >= 0.6 is 0 Å². The maximum absolute atomic E-state index is 14.7. The Kier molecular flexibility index (Phi) is 8.83. The number of anilines is 1. The van der Waals surface area contributed by atoms with Crippen molar-refractivity contribution >= 4 is 5.82 Å². The van der Waals surface area contributed by atoms with Crippen molar-refractivity contribution in [2.24, 2.45) is 5.73 Å². The molecule has 10 heteroatoms. The highest BCUT2D eigenvalue weighted by Crippen LogP contribution is 2.27. The zero-order chi connectivity index (χ0) is 24.7. The summed E-state index contributed by atoms with van der Waals surface area (Å²) in [4.78, 5) is 12.9. The first-order chi connectivity index (χ1) is 16.9. The van der Waals surface area contributed by atoms with Gasteiger partial charge in [-0.1, -0.05) is 0 Å². The monoisotopic (exact) mass is 488 g/mol. The largest absolute Gasteiger partial charge is 0.475 e. The fraction of sp³-hybridized carbons (Fsp3) is 0.640. The van der Waals surface area contributed by atoms with Crippen LogP contribution in [-0.2, 0) is 9.47 Å². The van der Waals surface area contributed by atoms with E-state index < -0.39 is 11.4 Å². The van der Waals surface area contributed by atoms with Crippen LogP contribution in [0, 0.1) is 5.82 Å². The molecule has 0 amide bonds. The molecule has 1 atom stereocenters. The van der Waals surface area contributed by atoms with E-state index in [0.717, 1.165) is 38.5 Å². The predicted octanol–water partition coefficient (Wildman–Crippen LogP) is 2.91. The number of rotatable bonds is 10. The van der Waals surface area contributed by atoms with E-state index in [4.69, 9.17) is 19.9 Å². The van der Waals surface area contributed by atoms with Crippen LogP contribution in [0.1, 0.15) is 45.4 Å². The van der Waals surface area contributed by atoms with Gasteiger partial charge in [0.1, 0.15) is 12.4 Å². The summed E-state index contributed by atoms with van der Waals surface area (Å²) in [6.07, 6.45) is 9.88. The molecule has 2 aliphatic rings. The van der Waals surface area contributed by atoms with E-state index in [1.165, 1.54) is 18.6 Å². The zero-order valence-corrected chi connectivity index (χ0v) is 20.6. The SMILES string of the molecule is COC[C@H](C)NC1CCC(Nc2cc(-c3cncc(OCC4(N)CCOCC4)n3)c(F)cn2)CC1. The van der Waals surface area contributed by atoms with Crippen LogP contribution in [0.4, 0.5) is 10.2 Å². The number of hydrogen-bond acceptors (Lipinski definition) is 9. The van der Waals surface area contributed by atoms with Gasteiger partial charge in [0.25, 0.3) is 0 Å². The molecule has 9 nitrogen and oxygen atoms in total. The standard InChI is InChI=1S/C25H37FN6O3/c1-17(15-33-2)30-18-3-5-19(6-4-18)31-23-11-20(21(26)12-29-23)22-13-28-14-24(32-22)35-16-25(27)7-9-34-10-8-25/h11-14,17-19,30H,3-10,15-16,27H2,1-2H3,(H,29,31)/t17-,18?,19?/m0/s1. The fourth-order valence-electron chi connectivity index (χ4n) is 4.72. The first-order valence-electron chi connectivity index (χ1n) is 12.4. The highest BCUT2D eigenvalue weighted by atomic mass is 19.1. The van der Waals surface area contributed by atoms with Crippen LogP contribution in [0.15, 0.2) is 24.7 Å². The molecule has 4 rings (SSSR count). The molecule has 192 valence electrons. The molecule has 2 aromatic rings. The molecule has 0 aromatic carbocycles. The molecule has 0 unspecified atom stereocenters. The zero-order valence-electron chi connectivity index (χ0n) is 20.6. The Bertz CT molecular complexity index is 951. The van der Waals surface area contributed by atoms with Gasteiger partial charge in [0.2, 0.25) is 5.88 Å². The normalized spacial score (nSPS) is 23.0. The number of nitrogens with zero attached hydrogens (tertiary/aromatic N) is 3. The van der Waals surface area contributed by atoms with Gasteiger partial charge in [-0.25, -0.2) is 14.4 Å². The number of aromatic nitrogens is 3. The van der Waals surface area contributed by atoms with Crippen LogP contribution in [0.2, 0.25) is 0 Å². The third-order valence-electron chi connectivity index (χ3n) is 6.76. The number of methoxy groups -OCH3 is 1. The molecule has 3 heterocycles. The highest BCUT2D eigenvalue weighted by molar-refractivity contribution is 5.63. The molecule has 0 radical (unpaired) electrons. The second-order valence-electron chi connectivity index (χ2n) is 9.77. The van der Waals surface area contributed by atoms with Gasteiger partial charge in [-0.05, 0) is 51.5 Å². The number of halogens is 1. The molecule has 1 saturated heterocycles. The Balaban J connectivity index is 1.36. The molecule has 4 N–H and O–H groups in total. The second-order valence-corrected chi connectivity index (χ2v) is 9.77. The maximum Gasteiger partial charge on any atom is 0.232 e.